The summed E-state index contributed by atoms with van der Waals surface area (Å²) in [5.74, 6) is 0.419. The number of halogens is 1. The van der Waals surface area contributed by atoms with Crippen molar-refractivity contribution in [1.29, 1.82) is 0 Å². The van der Waals surface area contributed by atoms with Crippen molar-refractivity contribution in [2.45, 2.75) is 0 Å². The fourth-order valence-electron chi connectivity index (χ4n) is 0.910. The van der Waals surface area contributed by atoms with Gasteiger partial charge in [-0.05, 0) is 23.4 Å². The molecule has 5 nitrogen and oxygen atoms in total. The molecule has 0 unspecified atom stereocenters. The van der Waals surface area contributed by atoms with E-state index in [-0.39, 0.29) is 0 Å². The van der Waals surface area contributed by atoms with Crippen LogP contribution in [0.4, 0.5) is 11.6 Å². The van der Waals surface area contributed by atoms with Crippen LogP contribution in [0.5, 0.6) is 0 Å². The Hall–Kier alpha value is -1.62. The topological polar surface area (TPSA) is 66.5 Å². The lowest BCUT2D eigenvalue weighted by Crippen LogP contribution is -1.91. The lowest BCUT2D eigenvalue weighted by Gasteiger charge is -1.99. The quantitative estimate of drug-likeness (QED) is 0.764. The molecule has 0 saturated heterocycles. The number of H-pyrrole nitrogens is 1. The molecular weight excluding hydrogens is 190 g/mol. The van der Waals surface area contributed by atoms with E-state index in [1.54, 1.807) is 12.1 Å². The van der Waals surface area contributed by atoms with Crippen molar-refractivity contribution in [3.05, 3.63) is 29.3 Å². The molecule has 0 fully saturated rings. The predicted molar refractivity (Wildman–Crippen MR) is 48.9 cm³/mol. The van der Waals surface area contributed by atoms with E-state index in [4.69, 9.17) is 11.6 Å². The number of aromatic nitrogens is 4. The molecule has 0 aliphatic rings. The van der Waals surface area contributed by atoms with Crippen LogP contribution in [-0.4, -0.2) is 20.6 Å². The zero-order valence-electron chi connectivity index (χ0n) is 6.53. The molecule has 0 atom stereocenters. The number of benzene rings is 1. The van der Waals surface area contributed by atoms with Crippen LogP contribution in [0, 0.1) is 0 Å². The molecule has 0 amide bonds. The van der Waals surface area contributed by atoms with Gasteiger partial charge in [-0.2, -0.15) is 5.21 Å². The van der Waals surface area contributed by atoms with Crippen LogP contribution >= 0.6 is 11.6 Å². The molecule has 0 spiro atoms. The molecule has 0 bridgehead atoms. The summed E-state index contributed by atoms with van der Waals surface area (Å²) in [5.41, 5.74) is 0.828. The van der Waals surface area contributed by atoms with E-state index in [0.29, 0.717) is 11.0 Å². The van der Waals surface area contributed by atoms with E-state index in [2.05, 4.69) is 25.9 Å². The van der Waals surface area contributed by atoms with Gasteiger partial charge in [-0.1, -0.05) is 22.8 Å². The highest BCUT2D eigenvalue weighted by Gasteiger charge is 1.97. The fraction of sp³-hybridized carbons (Fsp3) is 0. The molecule has 1 aromatic carbocycles. The minimum absolute atomic E-state index is 0.419. The maximum Gasteiger partial charge on any atom is 0.267 e. The first-order chi connectivity index (χ1) is 6.34. The highest BCUT2D eigenvalue weighted by molar-refractivity contribution is 6.30. The maximum absolute atomic E-state index is 5.78. The lowest BCUT2D eigenvalue weighted by molar-refractivity contribution is 0.881. The largest absolute Gasteiger partial charge is 0.322 e. The highest BCUT2D eigenvalue weighted by atomic mass is 35.5. The third-order valence-corrected chi connectivity index (χ3v) is 1.66. The Kier molecular flexibility index (Phi) is 2.09. The summed E-state index contributed by atoms with van der Waals surface area (Å²) in [4.78, 5) is 0. The Morgan fingerprint density at radius 3 is 3.00 bits per heavy atom. The van der Waals surface area contributed by atoms with Crippen LogP contribution in [0.25, 0.3) is 0 Å². The first-order valence-corrected chi connectivity index (χ1v) is 3.98. The minimum atomic E-state index is 0.419. The van der Waals surface area contributed by atoms with Crippen LogP contribution < -0.4 is 5.32 Å². The molecule has 2 N–H and O–H groups in total. The van der Waals surface area contributed by atoms with Gasteiger partial charge in [-0.3, -0.25) is 0 Å². The van der Waals surface area contributed by atoms with Crippen LogP contribution in [-0.2, 0) is 0 Å². The normalized spacial score (nSPS) is 9.92. The van der Waals surface area contributed by atoms with Gasteiger partial charge >= 0.3 is 0 Å². The molecule has 2 rings (SSSR count). The van der Waals surface area contributed by atoms with Gasteiger partial charge in [0.25, 0.3) is 5.95 Å². The molecule has 6 heteroatoms. The number of hydrogen-bond acceptors (Lipinski definition) is 4. The van der Waals surface area contributed by atoms with E-state index in [1.165, 1.54) is 0 Å². The van der Waals surface area contributed by atoms with Crippen molar-refractivity contribution in [3.8, 4) is 0 Å². The highest BCUT2D eigenvalue weighted by Crippen LogP contribution is 2.16. The molecule has 66 valence electrons. The van der Waals surface area contributed by atoms with Crippen molar-refractivity contribution < 1.29 is 0 Å². The number of rotatable bonds is 2. The Morgan fingerprint density at radius 1 is 1.38 bits per heavy atom. The average molecular weight is 196 g/mol. The smallest absolute Gasteiger partial charge is 0.267 e. The van der Waals surface area contributed by atoms with Crippen molar-refractivity contribution in [2.75, 3.05) is 5.32 Å². The van der Waals surface area contributed by atoms with Gasteiger partial charge < -0.3 is 5.32 Å². The Balaban J connectivity index is 2.19. The summed E-state index contributed by atoms with van der Waals surface area (Å²) in [7, 11) is 0. The van der Waals surface area contributed by atoms with Gasteiger partial charge in [-0.25, -0.2) is 0 Å². The summed E-state index contributed by atoms with van der Waals surface area (Å²) in [6.07, 6.45) is 0. The lowest BCUT2D eigenvalue weighted by atomic mass is 10.3. The predicted octanol–water partition coefficient (Wildman–Crippen LogP) is 1.60. The fourth-order valence-corrected chi connectivity index (χ4v) is 1.10. The number of nitrogens with one attached hydrogen (secondary N) is 2. The van der Waals surface area contributed by atoms with Crippen molar-refractivity contribution >= 4 is 23.2 Å². The van der Waals surface area contributed by atoms with E-state index in [9.17, 15) is 0 Å². The third-order valence-electron chi connectivity index (χ3n) is 1.43. The molecule has 0 aliphatic carbocycles. The van der Waals surface area contributed by atoms with Crippen LogP contribution in [0.15, 0.2) is 24.3 Å². The summed E-state index contributed by atoms with van der Waals surface area (Å²) in [5, 5.41) is 16.8. The molecule has 0 radical (unpaired) electrons. The zero-order chi connectivity index (χ0) is 9.10. The summed E-state index contributed by atoms with van der Waals surface area (Å²) in [6, 6.07) is 7.27. The molecule has 0 saturated carbocycles. The molecule has 13 heavy (non-hydrogen) atoms. The van der Waals surface area contributed by atoms with E-state index in [1.807, 2.05) is 12.1 Å². The van der Waals surface area contributed by atoms with E-state index >= 15 is 0 Å². The van der Waals surface area contributed by atoms with Gasteiger partial charge in [0.15, 0.2) is 0 Å². The Bertz CT molecular complexity index is 386. The summed E-state index contributed by atoms with van der Waals surface area (Å²) in [6.45, 7) is 0. The number of hydrogen-bond donors (Lipinski definition) is 2. The van der Waals surface area contributed by atoms with Gasteiger partial charge in [-0.15, -0.1) is 5.10 Å². The Morgan fingerprint density at radius 2 is 2.31 bits per heavy atom. The van der Waals surface area contributed by atoms with Crippen LogP contribution in [0.3, 0.4) is 0 Å². The number of nitrogens with zero attached hydrogens (tertiary/aromatic N) is 3. The SMILES string of the molecule is Clc1cccc(Nc2nn[nH]n2)c1. The standard InChI is InChI=1S/C7H6ClN5/c8-5-2-1-3-6(4-5)9-7-10-12-13-11-7/h1-4H,(H2,9,10,11,12,13). The van der Waals surface area contributed by atoms with Gasteiger partial charge in [0.05, 0.1) is 0 Å². The van der Waals surface area contributed by atoms with Crippen molar-refractivity contribution in [1.82, 2.24) is 20.6 Å². The van der Waals surface area contributed by atoms with E-state index < -0.39 is 0 Å². The van der Waals surface area contributed by atoms with Crippen molar-refractivity contribution in [2.24, 2.45) is 0 Å². The third kappa shape index (κ3) is 1.94. The first-order valence-electron chi connectivity index (χ1n) is 3.60. The maximum atomic E-state index is 5.78. The molecular formula is C7H6ClN5. The van der Waals surface area contributed by atoms with Crippen LogP contribution in [0.2, 0.25) is 5.02 Å². The number of tetrazole rings is 1. The second kappa shape index (κ2) is 3.40. The molecule has 0 aliphatic heterocycles. The van der Waals surface area contributed by atoms with E-state index in [0.717, 1.165) is 5.69 Å². The minimum Gasteiger partial charge on any atom is -0.322 e. The summed E-state index contributed by atoms with van der Waals surface area (Å²) < 4.78 is 0. The second-order valence-corrected chi connectivity index (χ2v) is 2.81. The molecule has 2 aromatic rings. The molecule has 1 heterocycles. The number of anilines is 2. The van der Waals surface area contributed by atoms with Gasteiger partial charge in [0.2, 0.25) is 0 Å². The first kappa shape index (κ1) is 8.00. The number of aromatic amines is 1. The van der Waals surface area contributed by atoms with Crippen molar-refractivity contribution in [3.63, 3.8) is 0 Å². The van der Waals surface area contributed by atoms with Gasteiger partial charge in [0, 0.05) is 10.7 Å². The Labute approximate surface area is 79.1 Å². The zero-order valence-corrected chi connectivity index (χ0v) is 7.28. The second-order valence-electron chi connectivity index (χ2n) is 2.37. The van der Waals surface area contributed by atoms with Gasteiger partial charge in [0.1, 0.15) is 0 Å². The monoisotopic (exact) mass is 195 g/mol. The van der Waals surface area contributed by atoms with Crippen LogP contribution in [0.1, 0.15) is 0 Å². The average Bonchev–Trinajstić information content (AvgIpc) is 2.57. The molecule has 1 aromatic heterocycles. The summed E-state index contributed by atoms with van der Waals surface area (Å²) >= 11 is 5.78.